The Morgan fingerprint density at radius 3 is 2.76 bits per heavy atom. The van der Waals surface area contributed by atoms with E-state index in [1.54, 1.807) is 6.07 Å². The molecule has 0 amide bonds. The molecule has 0 spiro atoms. The van der Waals surface area contributed by atoms with Crippen molar-refractivity contribution in [1.82, 2.24) is 4.98 Å². The third kappa shape index (κ3) is 2.37. The van der Waals surface area contributed by atoms with Crippen LogP contribution in [0.5, 0.6) is 0 Å². The molecule has 1 aromatic carbocycles. The number of aromatic nitrogens is 1. The van der Waals surface area contributed by atoms with Gasteiger partial charge in [-0.1, -0.05) is 17.7 Å². The van der Waals surface area contributed by atoms with Crippen LogP contribution >= 0.6 is 27.5 Å². The van der Waals surface area contributed by atoms with Gasteiger partial charge in [0.1, 0.15) is 5.82 Å². The van der Waals surface area contributed by atoms with Gasteiger partial charge in [-0.05, 0) is 34.1 Å². The van der Waals surface area contributed by atoms with Gasteiger partial charge in [0.05, 0.1) is 15.1 Å². The second kappa shape index (κ2) is 4.94. The highest BCUT2D eigenvalue weighted by atomic mass is 79.9. The molecule has 0 aliphatic rings. The molecular weight excluding hydrogens is 308 g/mol. The topological polar surface area (TPSA) is 30.0 Å². The predicted octanol–water partition coefficient (Wildman–Crippen LogP) is 3.87. The van der Waals surface area contributed by atoms with E-state index in [4.69, 9.17) is 11.6 Å². The largest absolute Gasteiger partial charge is 0.288 e. The molecule has 2 aromatic rings. The van der Waals surface area contributed by atoms with Crippen molar-refractivity contribution in [3.63, 3.8) is 0 Å². The lowest BCUT2D eigenvalue weighted by Crippen LogP contribution is -2.05. The highest BCUT2D eigenvalue weighted by Gasteiger charge is 2.17. The third-order valence-electron chi connectivity index (χ3n) is 2.21. The molecule has 1 aromatic heterocycles. The fourth-order valence-corrected chi connectivity index (χ4v) is 1.95. The monoisotopic (exact) mass is 313 g/mol. The van der Waals surface area contributed by atoms with Crippen molar-refractivity contribution in [1.29, 1.82) is 0 Å². The quantitative estimate of drug-likeness (QED) is 0.788. The summed E-state index contributed by atoms with van der Waals surface area (Å²) >= 11 is 8.88. The van der Waals surface area contributed by atoms with E-state index >= 15 is 0 Å². The van der Waals surface area contributed by atoms with E-state index in [2.05, 4.69) is 20.9 Å². The van der Waals surface area contributed by atoms with E-state index in [-0.39, 0.29) is 20.6 Å². The van der Waals surface area contributed by atoms with E-state index in [1.165, 1.54) is 30.6 Å². The van der Waals surface area contributed by atoms with Crippen LogP contribution in [-0.4, -0.2) is 10.8 Å². The number of benzene rings is 1. The van der Waals surface area contributed by atoms with Crippen LogP contribution in [-0.2, 0) is 0 Å². The van der Waals surface area contributed by atoms with Crippen LogP contribution in [0.15, 0.2) is 41.1 Å². The number of hydrogen-bond donors (Lipinski definition) is 0. The number of pyridine rings is 1. The van der Waals surface area contributed by atoms with Gasteiger partial charge in [-0.2, -0.15) is 0 Å². The Hall–Kier alpha value is -1.26. The minimum Gasteiger partial charge on any atom is -0.288 e. The first-order chi connectivity index (χ1) is 8.11. The van der Waals surface area contributed by atoms with Gasteiger partial charge in [0.2, 0.25) is 0 Å². The zero-order valence-corrected chi connectivity index (χ0v) is 10.8. The summed E-state index contributed by atoms with van der Waals surface area (Å²) in [6, 6.07) is 6.00. The van der Waals surface area contributed by atoms with Gasteiger partial charge in [-0.25, -0.2) is 4.39 Å². The summed E-state index contributed by atoms with van der Waals surface area (Å²) in [4.78, 5) is 15.8. The van der Waals surface area contributed by atoms with Crippen LogP contribution in [0.2, 0.25) is 5.02 Å². The average molecular weight is 315 g/mol. The van der Waals surface area contributed by atoms with Gasteiger partial charge in [0, 0.05) is 18.0 Å². The van der Waals surface area contributed by atoms with E-state index in [9.17, 15) is 9.18 Å². The Kier molecular flexibility index (Phi) is 3.54. The smallest absolute Gasteiger partial charge is 0.197 e. The van der Waals surface area contributed by atoms with Crippen LogP contribution < -0.4 is 0 Å². The van der Waals surface area contributed by atoms with Crippen LogP contribution in [0.1, 0.15) is 15.9 Å². The zero-order chi connectivity index (χ0) is 12.4. The van der Waals surface area contributed by atoms with E-state index in [1.807, 2.05) is 0 Å². The van der Waals surface area contributed by atoms with Crippen molar-refractivity contribution in [2.24, 2.45) is 0 Å². The minimum absolute atomic E-state index is 0.0209. The van der Waals surface area contributed by atoms with Crippen LogP contribution in [0.4, 0.5) is 4.39 Å². The summed E-state index contributed by atoms with van der Waals surface area (Å²) in [5, 5.41) is 0.205. The van der Waals surface area contributed by atoms with Gasteiger partial charge in [-0.3, -0.25) is 9.78 Å². The predicted molar refractivity (Wildman–Crippen MR) is 66.8 cm³/mol. The SMILES string of the molecule is O=C(c1ccncc1Cl)c1cccc(Br)c1F. The standard InChI is InChI=1S/C12H6BrClFNO/c13-9-3-1-2-8(11(9)15)12(17)7-4-5-16-6-10(7)14/h1-6H. The van der Waals surface area contributed by atoms with Gasteiger partial charge in [0.15, 0.2) is 5.78 Å². The molecule has 0 saturated carbocycles. The summed E-state index contributed by atoms with van der Waals surface area (Å²) in [5.41, 5.74) is 0.214. The summed E-state index contributed by atoms with van der Waals surface area (Å²) in [5.74, 6) is -1.05. The lowest BCUT2D eigenvalue weighted by Gasteiger charge is -2.05. The number of ketones is 1. The second-order valence-corrected chi connectivity index (χ2v) is 4.55. The second-order valence-electron chi connectivity index (χ2n) is 3.29. The lowest BCUT2D eigenvalue weighted by molar-refractivity contribution is 0.103. The molecule has 0 aliphatic heterocycles. The number of hydrogen-bond acceptors (Lipinski definition) is 2. The van der Waals surface area contributed by atoms with E-state index in [0.717, 1.165) is 0 Å². The van der Waals surface area contributed by atoms with Crippen LogP contribution in [0.25, 0.3) is 0 Å². The van der Waals surface area contributed by atoms with Crippen molar-refractivity contribution < 1.29 is 9.18 Å². The Morgan fingerprint density at radius 2 is 2.06 bits per heavy atom. The Bertz CT molecular complexity index is 588. The van der Waals surface area contributed by atoms with Crippen LogP contribution in [0, 0.1) is 5.82 Å². The number of carbonyl (C=O) groups is 1. The van der Waals surface area contributed by atoms with E-state index < -0.39 is 11.6 Å². The maximum absolute atomic E-state index is 13.7. The van der Waals surface area contributed by atoms with Crippen molar-refractivity contribution in [2.75, 3.05) is 0 Å². The van der Waals surface area contributed by atoms with Gasteiger partial charge in [0.25, 0.3) is 0 Å². The molecule has 0 fully saturated rings. The zero-order valence-electron chi connectivity index (χ0n) is 8.45. The molecule has 2 nitrogen and oxygen atoms in total. The maximum Gasteiger partial charge on any atom is 0.197 e. The summed E-state index contributed by atoms with van der Waals surface area (Å²) in [6.45, 7) is 0. The molecule has 17 heavy (non-hydrogen) atoms. The molecule has 0 unspecified atom stereocenters. The van der Waals surface area contributed by atoms with E-state index in [0.29, 0.717) is 0 Å². The lowest BCUT2D eigenvalue weighted by atomic mass is 10.0. The molecule has 0 aliphatic carbocycles. The molecule has 86 valence electrons. The highest BCUT2D eigenvalue weighted by Crippen LogP contribution is 2.23. The molecule has 1 heterocycles. The maximum atomic E-state index is 13.7. The summed E-state index contributed by atoms with van der Waals surface area (Å²) in [7, 11) is 0. The first-order valence-corrected chi connectivity index (χ1v) is 5.86. The first-order valence-electron chi connectivity index (χ1n) is 4.69. The number of nitrogens with zero attached hydrogens (tertiary/aromatic N) is 1. The molecule has 5 heteroatoms. The highest BCUT2D eigenvalue weighted by molar-refractivity contribution is 9.10. The first kappa shape index (κ1) is 12.2. The summed E-state index contributed by atoms with van der Waals surface area (Å²) in [6.07, 6.45) is 2.79. The third-order valence-corrected chi connectivity index (χ3v) is 3.13. The summed E-state index contributed by atoms with van der Waals surface area (Å²) < 4.78 is 14.0. The molecule has 2 rings (SSSR count). The molecule has 0 saturated heterocycles. The number of carbonyl (C=O) groups excluding carboxylic acids is 1. The Labute approximate surface area is 111 Å². The number of halogens is 3. The van der Waals surface area contributed by atoms with Crippen LogP contribution in [0.3, 0.4) is 0 Å². The molecular formula is C12H6BrClFNO. The van der Waals surface area contributed by atoms with Crippen molar-refractivity contribution in [3.05, 3.63) is 63.1 Å². The molecule has 0 radical (unpaired) electrons. The minimum atomic E-state index is -0.592. The molecule has 0 atom stereocenters. The normalized spacial score (nSPS) is 10.3. The van der Waals surface area contributed by atoms with Gasteiger partial charge in [-0.15, -0.1) is 0 Å². The fourth-order valence-electron chi connectivity index (χ4n) is 1.38. The average Bonchev–Trinajstić information content (AvgIpc) is 2.32. The van der Waals surface area contributed by atoms with Crippen molar-refractivity contribution >= 4 is 33.3 Å². The number of rotatable bonds is 2. The Balaban J connectivity index is 2.52. The van der Waals surface area contributed by atoms with Crippen molar-refractivity contribution in [3.8, 4) is 0 Å². The van der Waals surface area contributed by atoms with Gasteiger partial charge >= 0.3 is 0 Å². The Morgan fingerprint density at radius 1 is 1.29 bits per heavy atom. The van der Waals surface area contributed by atoms with Crippen molar-refractivity contribution in [2.45, 2.75) is 0 Å². The molecule has 0 bridgehead atoms. The molecule has 0 N–H and O–H groups in total. The van der Waals surface area contributed by atoms with Gasteiger partial charge < -0.3 is 0 Å². The fraction of sp³-hybridized carbons (Fsp3) is 0.